The van der Waals surface area contributed by atoms with Gasteiger partial charge in [-0.15, -0.1) is 0 Å². The van der Waals surface area contributed by atoms with Gasteiger partial charge in [-0.2, -0.15) is 16.8 Å². The molecule has 1 amide bonds. The van der Waals surface area contributed by atoms with E-state index in [1.165, 1.54) is 12.1 Å². The van der Waals surface area contributed by atoms with E-state index in [1.54, 1.807) is 17.0 Å². The van der Waals surface area contributed by atoms with Gasteiger partial charge in [-0.05, 0) is 55.1 Å². The normalized spacial score (nSPS) is 18.8. The van der Waals surface area contributed by atoms with E-state index in [2.05, 4.69) is 4.90 Å². The molecule has 0 spiro atoms. The zero-order valence-corrected chi connectivity index (χ0v) is 22.7. The summed E-state index contributed by atoms with van der Waals surface area (Å²) in [4.78, 5) is 15.8. The Hall–Kier alpha value is -3.30. The van der Waals surface area contributed by atoms with Crippen molar-refractivity contribution >= 4 is 42.6 Å². The molecule has 1 aliphatic heterocycles. The number of nitrogen functional groups attached to an aromatic ring is 1. The Bertz CT molecular complexity index is 1620. The van der Waals surface area contributed by atoms with Crippen molar-refractivity contribution in [2.24, 2.45) is 0 Å². The summed E-state index contributed by atoms with van der Waals surface area (Å²) in [5, 5.41) is 0.0599. The second kappa shape index (κ2) is 10.7. The van der Waals surface area contributed by atoms with Gasteiger partial charge in [0.15, 0.2) is 6.61 Å². The van der Waals surface area contributed by atoms with Gasteiger partial charge in [0.1, 0.15) is 11.6 Å². The molecule has 1 saturated heterocycles. The lowest BCUT2D eigenvalue weighted by Gasteiger charge is -2.44. The fourth-order valence-electron chi connectivity index (χ4n) is 4.68. The van der Waals surface area contributed by atoms with Crippen molar-refractivity contribution in [1.82, 2.24) is 9.80 Å². The van der Waals surface area contributed by atoms with Gasteiger partial charge in [-0.3, -0.25) is 18.8 Å². The highest BCUT2D eigenvalue weighted by Gasteiger charge is 2.32. The van der Waals surface area contributed by atoms with Crippen molar-refractivity contribution in [2.75, 3.05) is 25.4 Å². The predicted molar refractivity (Wildman–Crippen MR) is 141 cm³/mol. The van der Waals surface area contributed by atoms with Gasteiger partial charge in [-0.1, -0.05) is 12.1 Å². The minimum Gasteiger partial charge on any atom is -0.483 e. The van der Waals surface area contributed by atoms with Crippen LogP contribution in [0, 0.1) is 5.82 Å². The van der Waals surface area contributed by atoms with Crippen molar-refractivity contribution in [1.29, 1.82) is 0 Å². The number of hydrogen-bond donors (Lipinski definition) is 3. The number of carbonyl (C=O) groups is 1. The number of anilines is 1. The summed E-state index contributed by atoms with van der Waals surface area (Å²) in [5.41, 5.74) is 6.79. The van der Waals surface area contributed by atoms with Crippen LogP contribution in [0.4, 0.5) is 10.1 Å². The summed E-state index contributed by atoms with van der Waals surface area (Å²) in [7, 11) is -9.41. The van der Waals surface area contributed by atoms with Gasteiger partial charge in [-0.25, -0.2) is 4.39 Å². The maximum Gasteiger partial charge on any atom is 0.294 e. The van der Waals surface area contributed by atoms with E-state index < -0.39 is 36.6 Å². The zero-order chi connectivity index (χ0) is 28.7. The maximum atomic E-state index is 13.2. The third kappa shape index (κ3) is 6.47. The molecule has 0 aliphatic carbocycles. The van der Waals surface area contributed by atoms with E-state index in [-0.39, 0.29) is 46.0 Å². The molecule has 0 saturated carbocycles. The standard InChI is InChI=1S/C25H28FN3O8S2/c1-15-12-29(16(2)11-28(15)13-17-3-5-19(26)6-4-17)24(30)14-37-23-10-21(39(34,35)36)8-18-7-20(38(31,32)33)9-22(27)25(18)23/h3-10,15-16H,11-14,27H2,1-2H3,(H,31,32,33)(H,34,35,36). The molecule has 0 bridgehead atoms. The Morgan fingerprint density at radius 1 is 0.974 bits per heavy atom. The molecule has 2 atom stereocenters. The van der Waals surface area contributed by atoms with Crippen LogP contribution >= 0.6 is 0 Å². The second-order valence-electron chi connectivity index (χ2n) is 9.57. The highest BCUT2D eigenvalue weighted by Crippen LogP contribution is 2.36. The smallest absolute Gasteiger partial charge is 0.294 e. The van der Waals surface area contributed by atoms with Crippen LogP contribution in [-0.2, 0) is 31.6 Å². The van der Waals surface area contributed by atoms with Crippen LogP contribution in [0.3, 0.4) is 0 Å². The summed E-state index contributed by atoms with van der Waals surface area (Å²) in [5.74, 6) is -0.857. The largest absolute Gasteiger partial charge is 0.483 e. The molecule has 1 aliphatic rings. The van der Waals surface area contributed by atoms with Gasteiger partial charge in [0, 0.05) is 48.9 Å². The number of halogens is 1. The van der Waals surface area contributed by atoms with Gasteiger partial charge < -0.3 is 15.4 Å². The van der Waals surface area contributed by atoms with Crippen LogP contribution in [0.1, 0.15) is 19.4 Å². The van der Waals surface area contributed by atoms with Crippen molar-refractivity contribution in [2.45, 2.75) is 42.3 Å². The van der Waals surface area contributed by atoms with Crippen LogP contribution < -0.4 is 10.5 Å². The van der Waals surface area contributed by atoms with Crippen LogP contribution in [-0.4, -0.2) is 73.4 Å². The molecule has 2 unspecified atom stereocenters. The topological polar surface area (TPSA) is 168 Å². The quantitative estimate of drug-likeness (QED) is 0.279. The lowest BCUT2D eigenvalue weighted by atomic mass is 10.1. The number of hydrogen-bond acceptors (Lipinski definition) is 8. The number of ether oxygens (including phenoxy) is 1. The first kappa shape index (κ1) is 28.7. The van der Waals surface area contributed by atoms with E-state index in [4.69, 9.17) is 10.5 Å². The number of benzene rings is 3. The molecular formula is C25H28FN3O8S2. The first-order valence-corrected chi connectivity index (χ1v) is 14.7. The van der Waals surface area contributed by atoms with E-state index in [0.29, 0.717) is 19.6 Å². The molecule has 4 N–H and O–H groups in total. The number of fused-ring (bicyclic) bond motifs is 1. The Labute approximate surface area is 225 Å². The van der Waals surface area contributed by atoms with E-state index >= 15 is 0 Å². The summed E-state index contributed by atoms with van der Waals surface area (Å²) in [6.45, 7) is 4.88. The first-order chi connectivity index (χ1) is 18.1. The Balaban J connectivity index is 1.55. The molecule has 4 rings (SSSR count). The van der Waals surface area contributed by atoms with Crippen molar-refractivity contribution < 1.29 is 39.9 Å². The minimum atomic E-state index is -4.74. The molecular weight excluding hydrogens is 553 g/mol. The zero-order valence-electron chi connectivity index (χ0n) is 21.1. The lowest BCUT2D eigenvalue weighted by Crippen LogP contribution is -2.58. The summed E-state index contributed by atoms with van der Waals surface area (Å²) in [6.07, 6.45) is 0. The van der Waals surface area contributed by atoms with Gasteiger partial charge in [0.05, 0.1) is 9.79 Å². The average Bonchev–Trinajstić information content (AvgIpc) is 2.84. The van der Waals surface area contributed by atoms with Crippen LogP contribution in [0.15, 0.2) is 58.3 Å². The van der Waals surface area contributed by atoms with Crippen LogP contribution in [0.25, 0.3) is 10.8 Å². The third-order valence-corrected chi connectivity index (χ3v) is 8.33. The molecule has 11 nitrogen and oxygen atoms in total. The summed E-state index contributed by atoms with van der Waals surface area (Å²) in [6, 6.07) is 9.94. The molecule has 3 aromatic carbocycles. The number of amides is 1. The molecule has 14 heteroatoms. The average molecular weight is 582 g/mol. The fourth-order valence-corrected chi connectivity index (χ4v) is 5.76. The monoisotopic (exact) mass is 581 g/mol. The van der Waals surface area contributed by atoms with Crippen LogP contribution in [0.5, 0.6) is 5.75 Å². The highest BCUT2D eigenvalue weighted by atomic mass is 32.2. The van der Waals surface area contributed by atoms with Crippen molar-refractivity contribution in [3.8, 4) is 5.75 Å². The SMILES string of the molecule is CC1CN(C(=O)COc2cc(S(=O)(=O)O)cc3cc(S(=O)(=O)O)cc(N)c23)C(C)CN1Cc1ccc(F)cc1. The molecule has 39 heavy (non-hydrogen) atoms. The van der Waals surface area contributed by atoms with Crippen molar-refractivity contribution in [3.05, 3.63) is 59.9 Å². The maximum absolute atomic E-state index is 13.2. The predicted octanol–water partition coefficient (Wildman–Crippen LogP) is 2.55. The summed E-state index contributed by atoms with van der Waals surface area (Å²) >= 11 is 0. The van der Waals surface area contributed by atoms with E-state index in [9.17, 15) is 35.1 Å². The molecule has 1 fully saturated rings. The van der Waals surface area contributed by atoms with Crippen LogP contribution in [0.2, 0.25) is 0 Å². The fraction of sp³-hybridized carbons (Fsp3) is 0.320. The van der Waals surface area contributed by atoms with Crippen molar-refractivity contribution in [3.63, 3.8) is 0 Å². The Morgan fingerprint density at radius 2 is 1.56 bits per heavy atom. The Morgan fingerprint density at radius 3 is 2.15 bits per heavy atom. The second-order valence-corrected chi connectivity index (χ2v) is 12.4. The van der Waals surface area contributed by atoms with Gasteiger partial charge >= 0.3 is 0 Å². The lowest BCUT2D eigenvalue weighted by molar-refractivity contribution is -0.139. The third-order valence-electron chi connectivity index (χ3n) is 6.67. The molecule has 3 aromatic rings. The number of nitrogens with two attached hydrogens (primary N) is 1. The number of carbonyl (C=O) groups excluding carboxylic acids is 1. The molecule has 1 heterocycles. The Kier molecular flexibility index (Phi) is 7.87. The number of nitrogens with zero attached hydrogens (tertiary/aromatic N) is 2. The molecule has 0 aromatic heterocycles. The van der Waals surface area contributed by atoms with Gasteiger partial charge in [0.25, 0.3) is 26.1 Å². The first-order valence-electron chi connectivity index (χ1n) is 11.9. The number of piperazine rings is 1. The number of rotatable bonds is 7. The van der Waals surface area contributed by atoms with E-state index in [0.717, 1.165) is 29.8 Å². The summed E-state index contributed by atoms with van der Waals surface area (Å²) < 4.78 is 84.8. The molecule has 210 valence electrons. The van der Waals surface area contributed by atoms with E-state index in [1.807, 2.05) is 13.8 Å². The van der Waals surface area contributed by atoms with Gasteiger partial charge in [0.2, 0.25) is 0 Å². The minimum absolute atomic E-state index is 0.0200. The molecule has 0 radical (unpaired) electrons. The highest BCUT2D eigenvalue weighted by molar-refractivity contribution is 7.86.